The second-order valence-corrected chi connectivity index (χ2v) is 6.03. The summed E-state index contributed by atoms with van der Waals surface area (Å²) in [6, 6.07) is 4.82. The summed E-state index contributed by atoms with van der Waals surface area (Å²) in [5, 5.41) is 13.6. The lowest BCUT2D eigenvalue weighted by Gasteiger charge is -2.21. The normalized spacial score (nSPS) is 18.0. The molecule has 0 aliphatic heterocycles. The van der Waals surface area contributed by atoms with Gasteiger partial charge in [0.15, 0.2) is 11.6 Å². The highest BCUT2D eigenvalue weighted by Gasteiger charge is 2.24. The zero-order valence-corrected chi connectivity index (χ0v) is 12.1. The van der Waals surface area contributed by atoms with E-state index in [-0.39, 0.29) is 5.75 Å². The summed E-state index contributed by atoms with van der Waals surface area (Å²) in [6.45, 7) is 3.04. The lowest BCUT2D eigenvalue weighted by molar-refractivity contribution is 0.432. The average Bonchev–Trinajstić information content (AvgIpc) is 2.87. The SMILES string of the molecule is CCNC1CCCc2nc(-c3ccc(O)c(F)c3)sc21. The predicted octanol–water partition coefficient (Wildman–Crippen LogP) is 3.64. The Morgan fingerprint density at radius 3 is 3.10 bits per heavy atom. The van der Waals surface area contributed by atoms with Gasteiger partial charge in [0.05, 0.1) is 5.69 Å². The maximum atomic E-state index is 13.5. The Labute approximate surface area is 121 Å². The third-order valence-corrected chi connectivity index (χ3v) is 4.86. The van der Waals surface area contributed by atoms with Gasteiger partial charge in [0.1, 0.15) is 5.01 Å². The minimum atomic E-state index is -0.598. The molecule has 1 aliphatic rings. The molecule has 20 heavy (non-hydrogen) atoms. The van der Waals surface area contributed by atoms with Gasteiger partial charge in [-0.2, -0.15) is 0 Å². The van der Waals surface area contributed by atoms with E-state index in [1.165, 1.54) is 17.0 Å². The monoisotopic (exact) mass is 292 g/mol. The summed E-state index contributed by atoms with van der Waals surface area (Å²) in [5.41, 5.74) is 1.87. The van der Waals surface area contributed by atoms with Crippen LogP contribution < -0.4 is 5.32 Å². The molecule has 3 nitrogen and oxygen atoms in total. The van der Waals surface area contributed by atoms with Crippen molar-refractivity contribution < 1.29 is 9.50 Å². The van der Waals surface area contributed by atoms with E-state index < -0.39 is 5.82 Å². The first-order chi connectivity index (χ1) is 9.69. The number of phenolic OH excluding ortho intramolecular Hbond substituents is 1. The summed E-state index contributed by atoms with van der Waals surface area (Å²) in [6.07, 6.45) is 3.26. The first kappa shape index (κ1) is 13.5. The number of aromatic hydroxyl groups is 1. The number of nitrogens with one attached hydrogen (secondary N) is 1. The molecule has 1 aliphatic carbocycles. The van der Waals surface area contributed by atoms with Crippen molar-refractivity contribution in [3.63, 3.8) is 0 Å². The molecule has 0 fully saturated rings. The van der Waals surface area contributed by atoms with Crippen LogP contribution in [0.4, 0.5) is 4.39 Å². The molecule has 0 bridgehead atoms. The standard InChI is InChI=1S/C15H17FN2OS/c1-2-17-11-4-3-5-12-14(11)20-15(18-12)9-6-7-13(19)10(16)8-9/h6-8,11,17,19H,2-5H2,1H3. The average molecular weight is 292 g/mol. The van der Waals surface area contributed by atoms with E-state index in [0.717, 1.165) is 42.1 Å². The van der Waals surface area contributed by atoms with E-state index in [0.29, 0.717) is 6.04 Å². The van der Waals surface area contributed by atoms with E-state index in [9.17, 15) is 9.50 Å². The van der Waals surface area contributed by atoms with Crippen molar-refractivity contribution in [1.29, 1.82) is 0 Å². The Balaban J connectivity index is 1.97. The molecule has 0 saturated carbocycles. The maximum Gasteiger partial charge on any atom is 0.165 e. The molecule has 1 heterocycles. The topological polar surface area (TPSA) is 45.2 Å². The van der Waals surface area contributed by atoms with E-state index in [1.807, 2.05) is 0 Å². The van der Waals surface area contributed by atoms with Crippen molar-refractivity contribution >= 4 is 11.3 Å². The van der Waals surface area contributed by atoms with Gasteiger partial charge in [0.2, 0.25) is 0 Å². The fourth-order valence-corrected chi connectivity index (χ4v) is 3.84. The number of hydrogen-bond acceptors (Lipinski definition) is 4. The largest absolute Gasteiger partial charge is 0.505 e. The van der Waals surface area contributed by atoms with Crippen molar-refractivity contribution in [3.8, 4) is 16.3 Å². The smallest absolute Gasteiger partial charge is 0.165 e. The van der Waals surface area contributed by atoms with Gasteiger partial charge in [-0.15, -0.1) is 11.3 Å². The summed E-state index contributed by atoms with van der Waals surface area (Å²) in [7, 11) is 0. The number of nitrogens with zero attached hydrogens (tertiary/aromatic N) is 1. The number of thiazole rings is 1. The summed E-state index contributed by atoms with van der Waals surface area (Å²) >= 11 is 1.63. The van der Waals surface area contributed by atoms with Gasteiger partial charge in [-0.1, -0.05) is 6.92 Å². The van der Waals surface area contributed by atoms with Gasteiger partial charge in [-0.3, -0.25) is 0 Å². The highest BCUT2D eigenvalue weighted by Crippen LogP contribution is 2.38. The number of rotatable bonds is 3. The summed E-state index contributed by atoms with van der Waals surface area (Å²) in [5.74, 6) is -0.917. The van der Waals surface area contributed by atoms with Gasteiger partial charge < -0.3 is 10.4 Å². The van der Waals surface area contributed by atoms with Crippen LogP contribution in [0.1, 0.15) is 36.4 Å². The van der Waals surface area contributed by atoms with Gasteiger partial charge in [0, 0.05) is 16.5 Å². The maximum absolute atomic E-state index is 13.5. The lowest BCUT2D eigenvalue weighted by atomic mass is 9.98. The molecule has 0 radical (unpaired) electrons. The summed E-state index contributed by atoms with van der Waals surface area (Å²) in [4.78, 5) is 5.93. The number of benzene rings is 1. The molecule has 3 rings (SSSR count). The van der Waals surface area contributed by atoms with Gasteiger partial charge >= 0.3 is 0 Å². The van der Waals surface area contributed by atoms with Crippen LogP contribution in [0, 0.1) is 5.82 Å². The zero-order chi connectivity index (χ0) is 14.1. The van der Waals surface area contributed by atoms with Crippen molar-refractivity contribution in [2.75, 3.05) is 6.54 Å². The van der Waals surface area contributed by atoms with Gasteiger partial charge in [-0.25, -0.2) is 9.37 Å². The molecule has 1 atom stereocenters. The Morgan fingerprint density at radius 2 is 2.35 bits per heavy atom. The van der Waals surface area contributed by atoms with E-state index in [4.69, 9.17) is 0 Å². The van der Waals surface area contributed by atoms with Gasteiger partial charge in [-0.05, 0) is 44.0 Å². The van der Waals surface area contributed by atoms with Crippen LogP contribution >= 0.6 is 11.3 Å². The fraction of sp³-hybridized carbons (Fsp3) is 0.400. The highest BCUT2D eigenvalue weighted by atomic mass is 32.1. The molecule has 5 heteroatoms. The highest BCUT2D eigenvalue weighted by molar-refractivity contribution is 7.15. The van der Waals surface area contributed by atoms with Crippen LogP contribution in [0.3, 0.4) is 0 Å². The number of fused-ring (bicyclic) bond motifs is 1. The van der Waals surface area contributed by atoms with E-state index in [1.54, 1.807) is 17.4 Å². The van der Waals surface area contributed by atoms with E-state index >= 15 is 0 Å². The fourth-order valence-electron chi connectivity index (χ4n) is 2.62. The van der Waals surface area contributed by atoms with Crippen LogP contribution in [-0.4, -0.2) is 16.6 Å². The first-order valence-corrected chi connectivity index (χ1v) is 7.72. The Bertz CT molecular complexity index is 626. The molecule has 1 aromatic heterocycles. The van der Waals surface area contributed by atoms with Crippen molar-refractivity contribution in [2.45, 2.75) is 32.2 Å². The quantitative estimate of drug-likeness (QED) is 0.908. The third-order valence-electron chi connectivity index (χ3n) is 3.60. The van der Waals surface area contributed by atoms with Crippen LogP contribution in [0.15, 0.2) is 18.2 Å². The van der Waals surface area contributed by atoms with Crippen molar-refractivity contribution in [3.05, 3.63) is 34.6 Å². The summed E-state index contributed by atoms with van der Waals surface area (Å²) < 4.78 is 13.5. The second-order valence-electron chi connectivity index (χ2n) is 5.00. The van der Waals surface area contributed by atoms with Crippen LogP contribution in [-0.2, 0) is 6.42 Å². The molecule has 106 valence electrons. The second kappa shape index (κ2) is 5.50. The molecule has 0 saturated heterocycles. The molecule has 2 N–H and O–H groups in total. The van der Waals surface area contributed by atoms with Crippen molar-refractivity contribution in [2.24, 2.45) is 0 Å². The number of hydrogen-bond donors (Lipinski definition) is 2. The number of halogens is 1. The molecule has 0 amide bonds. The zero-order valence-electron chi connectivity index (χ0n) is 11.3. The Kier molecular flexibility index (Phi) is 3.72. The minimum Gasteiger partial charge on any atom is -0.505 e. The van der Waals surface area contributed by atoms with Crippen molar-refractivity contribution in [1.82, 2.24) is 10.3 Å². The molecule has 1 aromatic carbocycles. The van der Waals surface area contributed by atoms with Crippen LogP contribution in [0.25, 0.3) is 10.6 Å². The molecular formula is C15H17FN2OS. The first-order valence-electron chi connectivity index (χ1n) is 6.91. The minimum absolute atomic E-state index is 0.319. The molecule has 2 aromatic rings. The molecule has 0 spiro atoms. The third kappa shape index (κ3) is 2.43. The predicted molar refractivity (Wildman–Crippen MR) is 78.5 cm³/mol. The number of aromatic nitrogens is 1. The lowest BCUT2D eigenvalue weighted by Crippen LogP contribution is -2.23. The molecule has 1 unspecified atom stereocenters. The van der Waals surface area contributed by atoms with Crippen LogP contribution in [0.2, 0.25) is 0 Å². The molecular weight excluding hydrogens is 275 g/mol. The van der Waals surface area contributed by atoms with Crippen LogP contribution in [0.5, 0.6) is 5.75 Å². The van der Waals surface area contributed by atoms with E-state index in [2.05, 4.69) is 17.2 Å². The Morgan fingerprint density at radius 1 is 1.50 bits per heavy atom. The number of phenols is 1. The Hall–Kier alpha value is -1.46. The number of aryl methyl sites for hydroxylation is 1. The van der Waals surface area contributed by atoms with Gasteiger partial charge in [0.25, 0.3) is 0 Å².